The number of hydrogen-bond donors (Lipinski definition) is 1. The van der Waals surface area contributed by atoms with Crippen LogP contribution in [0.25, 0.3) is 11.3 Å². The van der Waals surface area contributed by atoms with Crippen LogP contribution in [-0.2, 0) is 4.79 Å². The highest BCUT2D eigenvalue weighted by Gasteiger charge is 2.30. The SMILES string of the molecule is O=C(CCC(F)(F)F)N[C@H]1CC[C@H](CCN2CCCCC2c2coc3cccc-3c2)CC1. The van der Waals surface area contributed by atoms with Crippen LogP contribution in [0.3, 0.4) is 0 Å². The van der Waals surface area contributed by atoms with E-state index >= 15 is 0 Å². The van der Waals surface area contributed by atoms with Crippen LogP contribution >= 0.6 is 0 Å². The molecule has 4 nitrogen and oxygen atoms in total. The van der Waals surface area contributed by atoms with Gasteiger partial charge in [-0.1, -0.05) is 18.6 Å². The first-order chi connectivity index (χ1) is 15.4. The number of nitrogens with one attached hydrogen (secondary N) is 1. The van der Waals surface area contributed by atoms with Crippen molar-refractivity contribution in [3.8, 4) is 11.3 Å². The second-order valence-corrected chi connectivity index (χ2v) is 9.46. The first-order valence-electron chi connectivity index (χ1n) is 11.9. The van der Waals surface area contributed by atoms with Gasteiger partial charge in [-0.05, 0) is 76.1 Å². The fraction of sp³-hybridized carbons (Fsp3) is 0.640. The largest absolute Gasteiger partial charge is 0.464 e. The molecule has 0 bridgehead atoms. The molecule has 176 valence electrons. The van der Waals surface area contributed by atoms with E-state index in [9.17, 15) is 18.0 Å². The van der Waals surface area contributed by atoms with Gasteiger partial charge in [0.15, 0.2) is 0 Å². The van der Waals surface area contributed by atoms with Crippen molar-refractivity contribution in [1.29, 1.82) is 0 Å². The number of nitrogens with zero attached hydrogens (tertiary/aromatic N) is 1. The Bertz CT molecular complexity index is 842. The lowest BCUT2D eigenvalue weighted by Crippen LogP contribution is -2.39. The first kappa shape index (κ1) is 23.1. The second kappa shape index (κ2) is 10.3. The highest BCUT2D eigenvalue weighted by molar-refractivity contribution is 5.76. The second-order valence-electron chi connectivity index (χ2n) is 9.46. The van der Waals surface area contributed by atoms with E-state index in [1.807, 2.05) is 18.4 Å². The highest BCUT2D eigenvalue weighted by Crippen LogP contribution is 2.36. The lowest BCUT2D eigenvalue weighted by Gasteiger charge is -2.37. The topological polar surface area (TPSA) is 45.5 Å². The molecule has 0 aromatic rings. The number of carbonyl (C=O) groups is 1. The van der Waals surface area contributed by atoms with Crippen molar-refractivity contribution in [2.75, 3.05) is 13.1 Å². The molecule has 2 aliphatic carbocycles. The summed E-state index contributed by atoms with van der Waals surface area (Å²) in [6.07, 6.45) is 4.63. The zero-order chi connectivity index (χ0) is 22.6. The number of likely N-dealkylation sites (tertiary alicyclic amines) is 1. The van der Waals surface area contributed by atoms with Crippen LogP contribution in [0, 0.1) is 5.92 Å². The van der Waals surface area contributed by atoms with Crippen molar-refractivity contribution in [3.63, 3.8) is 0 Å². The van der Waals surface area contributed by atoms with Gasteiger partial charge in [0.25, 0.3) is 0 Å². The van der Waals surface area contributed by atoms with Gasteiger partial charge in [-0.15, -0.1) is 0 Å². The third-order valence-corrected chi connectivity index (χ3v) is 7.12. The van der Waals surface area contributed by atoms with Crippen LogP contribution in [0.4, 0.5) is 13.2 Å². The van der Waals surface area contributed by atoms with Gasteiger partial charge in [0.1, 0.15) is 5.76 Å². The Balaban J connectivity index is 1.23. The number of carbonyl (C=O) groups excluding carboxylic acids is 1. The molecule has 0 aromatic carbocycles. The molecular weight excluding hydrogens is 417 g/mol. The third kappa shape index (κ3) is 6.27. The lowest BCUT2D eigenvalue weighted by atomic mass is 9.83. The Morgan fingerprint density at radius 1 is 1.12 bits per heavy atom. The van der Waals surface area contributed by atoms with Gasteiger partial charge in [-0.2, -0.15) is 13.2 Å². The van der Waals surface area contributed by atoms with Crippen LogP contribution in [0.2, 0.25) is 0 Å². The maximum absolute atomic E-state index is 12.3. The van der Waals surface area contributed by atoms with E-state index in [-0.39, 0.29) is 6.04 Å². The molecule has 1 amide bonds. The van der Waals surface area contributed by atoms with Gasteiger partial charge in [-0.25, -0.2) is 0 Å². The van der Waals surface area contributed by atoms with Crippen LogP contribution in [0.15, 0.2) is 34.9 Å². The van der Waals surface area contributed by atoms with Crippen molar-refractivity contribution in [3.05, 3.63) is 36.1 Å². The van der Waals surface area contributed by atoms with Crippen molar-refractivity contribution in [2.24, 2.45) is 5.92 Å². The molecule has 32 heavy (non-hydrogen) atoms. The first-order valence-corrected chi connectivity index (χ1v) is 11.9. The summed E-state index contributed by atoms with van der Waals surface area (Å²) in [6, 6.07) is 8.78. The van der Waals surface area contributed by atoms with Crippen LogP contribution < -0.4 is 5.32 Å². The average molecular weight is 451 g/mol. The minimum Gasteiger partial charge on any atom is -0.464 e. The van der Waals surface area contributed by atoms with E-state index in [2.05, 4.69) is 22.3 Å². The summed E-state index contributed by atoms with van der Waals surface area (Å²) in [6.45, 7) is 2.16. The van der Waals surface area contributed by atoms with Gasteiger partial charge in [0, 0.05) is 29.6 Å². The van der Waals surface area contributed by atoms with Crippen molar-refractivity contribution in [1.82, 2.24) is 10.2 Å². The van der Waals surface area contributed by atoms with Gasteiger partial charge in [0.05, 0.1) is 12.7 Å². The van der Waals surface area contributed by atoms with Crippen LogP contribution in [0.1, 0.15) is 75.8 Å². The number of amides is 1. The van der Waals surface area contributed by atoms with E-state index < -0.39 is 24.9 Å². The lowest BCUT2D eigenvalue weighted by molar-refractivity contribution is -0.144. The van der Waals surface area contributed by atoms with Crippen molar-refractivity contribution >= 4 is 5.91 Å². The number of piperidine rings is 1. The van der Waals surface area contributed by atoms with E-state index in [0.29, 0.717) is 12.0 Å². The molecule has 2 heterocycles. The Hall–Kier alpha value is -2.02. The fourth-order valence-electron chi connectivity index (χ4n) is 5.30. The van der Waals surface area contributed by atoms with Crippen LogP contribution in [-0.4, -0.2) is 36.1 Å². The van der Waals surface area contributed by atoms with Gasteiger partial charge in [-0.3, -0.25) is 9.69 Å². The Labute approximate surface area is 187 Å². The normalized spacial score (nSPS) is 25.2. The maximum atomic E-state index is 12.3. The number of alkyl halides is 3. The van der Waals surface area contributed by atoms with E-state index in [4.69, 9.17) is 4.42 Å². The van der Waals surface area contributed by atoms with Crippen LogP contribution in [0.5, 0.6) is 0 Å². The Morgan fingerprint density at radius 3 is 2.72 bits per heavy atom. The molecule has 0 radical (unpaired) electrons. The molecule has 1 saturated carbocycles. The maximum Gasteiger partial charge on any atom is 0.389 e. The summed E-state index contributed by atoms with van der Waals surface area (Å²) in [4.78, 5) is 14.4. The minimum atomic E-state index is -4.27. The molecule has 0 spiro atoms. The predicted molar refractivity (Wildman–Crippen MR) is 117 cm³/mol. The molecule has 4 rings (SSSR count). The molecule has 7 heteroatoms. The summed E-state index contributed by atoms with van der Waals surface area (Å²) in [5.74, 6) is 1.07. The predicted octanol–water partition coefficient (Wildman–Crippen LogP) is 6.32. The highest BCUT2D eigenvalue weighted by atomic mass is 19.4. The van der Waals surface area contributed by atoms with Gasteiger partial charge in [0.2, 0.25) is 5.91 Å². The average Bonchev–Trinajstić information content (AvgIpc) is 3.25. The standard InChI is InChI=1S/C25H33F3N2O2/c26-25(27,28)13-11-24(31)29-21-9-7-18(8-10-21)12-15-30-14-2-1-5-22(30)20-16-19-4-3-6-23(19)32-17-20/h3-4,6,16-18,21-22H,1-2,5,7-15H2,(H,29,31)/t18-,21-,22?. The van der Waals surface area contributed by atoms with Crippen molar-refractivity contribution in [2.45, 2.75) is 82.5 Å². The van der Waals surface area contributed by atoms with Gasteiger partial charge < -0.3 is 9.73 Å². The fourth-order valence-corrected chi connectivity index (χ4v) is 5.30. The quantitative estimate of drug-likeness (QED) is 0.537. The summed E-state index contributed by atoms with van der Waals surface area (Å²) in [7, 11) is 0. The smallest absolute Gasteiger partial charge is 0.389 e. The zero-order valence-corrected chi connectivity index (χ0v) is 18.5. The summed E-state index contributed by atoms with van der Waals surface area (Å²) >= 11 is 0. The number of hydrogen-bond acceptors (Lipinski definition) is 3. The van der Waals surface area contributed by atoms with Crippen molar-refractivity contribution < 1.29 is 22.4 Å². The molecule has 0 aromatic heterocycles. The van der Waals surface area contributed by atoms with E-state index in [0.717, 1.165) is 62.9 Å². The monoisotopic (exact) mass is 450 g/mol. The summed E-state index contributed by atoms with van der Waals surface area (Å²) < 4.78 is 42.7. The van der Waals surface area contributed by atoms with Gasteiger partial charge >= 0.3 is 6.18 Å². The summed E-state index contributed by atoms with van der Waals surface area (Å²) in [5.41, 5.74) is 2.41. The third-order valence-electron chi connectivity index (χ3n) is 7.12. The Kier molecular flexibility index (Phi) is 7.44. The molecule has 1 atom stereocenters. The summed E-state index contributed by atoms with van der Waals surface area (Å²) in [5, 5.41) is 2.80. The molecule has 1 unspecified atom stereocenters. The number of rotatable bonds is 7. The molecule has 1 saturated heterocycles. The molecular formula is C25H33F3N2O2. The molecule has 2 fully saturated rings. The molecule has 2 aliphatic heterocycles. The minimum absolute atomic E-state index is 0.0209. The number of halogens is 3. The Morgan fingerprint density at radius 2 is 1.94 bits per heavy atom. The zero-order valence-electron chi connectivity index (χ0n) is 18.5. The number of fused-ring (bicyclic) bond motifs is 1. The molecule has 4 aliphatic rings. The van der Waals surface area contributed by atoms with E-state index in [1.54, 1.807) is 0 Å². The van der Waals surface area contributed by atoms with E-state index in [1.165, 1.54) is 18.4 Å². The molecule has 1 N–H and O–H groups in total.